The predicted octanol–water partition coefficient (Wildman–Crippen LogP) is 7.50. The van der Waals surface area contributed by atoms with E-state index >= 15 is 0 Å². The van der Waals surface area contributed by atoms with E-state index in [1.165, 1.54) is 11.1 Å². The molecule has 1 aromatic rings. The molecule has 0 aromatic heterocycles. The van der Waals surface area contributed by atoms with E-state index in [0.29, 0.717) is 18.4 Å². The zero-order valence-corrected chi connectivity index (χ0v) is 19.6. The van der Waals surface area contributed by atoms with Crippen LogP contribution >= 0.6 is 47.8 Å². The van der Waals surface area contributed by atoms with Crippen molar-refractivity contribution in [2.45, 2.75) is 52.4 Å². The van der Waals surface area contributed by atoms with Gasteiger partial charge in [-0.25, -0.2) is 0 Å². The van der Waals surface area contributed by atoms with Crippen LogP contribution in [0.1, 0.15) is 63.5 Å². The van der Waals surface area contributed by atoms with E-state index in [1.54, 1.807) is 0 Å². The first-order valence-corrected chi connectivity index (χ1v) is 11.1. The van der Waals surface area contributed by atoms with E-state index < -0.39 is 0 Å². The number of ether oxygens (including phenoxy) is 2. The van der Waals surface area contributed by atoms with Crippen molar-refractivity contribution in [2.24, 2.45) is 0 Å². The molecular formula is C19H27Br3O2. The Kier molecular flexibility index (Phi) is 10.6. The summed E-state index contributed by atoms with van der Waals surface area (Å²) < 4.78 is 13.0. The maximum absolute atomic E-state index is 6.19. The standard InChI is InChI=1S/C19H27Br3O2/c1-13(2)16-11-15(23-10-7-18(21)22)12-17(14(3)4)19(16)24-9-6-5-8-20/h7,11-14H,5-6,8-10H2,1-4H3. The van der Waals surface area contributed by atoms with Crippen LogP contribution in [0.5, 0.6) is 11.5 Å². The summed E-state index contributed by atoms with van der Waals surface area (Å²) in [4.78, 5) is 0. The van der Waals surface area contributed by atoms with Crippen LogP contribution in [-0.2, 0) is 0 Å². The monoisotopic (exact) mass is 524 g/mol. The summed E-state index contributed by atoms with van der Waals surface area (Å²) in [6, 6.07) is 4.23. The van der Waals surface area contributed by atoms with Crippen LogP contribution in [-0.4, -0.2) is 18.5 Å². The second-order valence-corrected chi connectivity index (χ2v) is 9.86. The first kappa shape index (κ1) is 22.0. The Morgan fingerprint density at radius 1 is 1.00 bits per heavy atom. The second-order valence-electron chi connectivity index (χ2n) is 6.29. The molecule has 0 atom stereocenters. The predicted molar refractivity (Wildman–Crippen MR) is 115 cm³/mol. The van der Waals surface area contributed by atoms with Crippen molar-refractivity contribution < 1.29 is 9.47 Å². The molecule has 0 saturated carbocycles. The van der Waals surface area contributed by atoms with Crippen molar-refractivity contribution in [3.63, 3.8) is 0 Å². The van der Waals surface area contributed by atoms with Crippen LogP contribution in [0.25, 0.3) is 0 Å². The third-order valence-electron chi connectivity index (χ3n) is 3.63. The van der Waals surface area contributed by atoms with Crippen molar-refractivity contribution in [3.8, 4) is 11.5 Å². The molecule has 0 aliphatic heterocycles. The Balaban J connectivity index is 3.08. The van der Waals surface area contributed by atoms with Crippen LogP contribution in [0.3, 0.4) is 0 Å². The van der Waals surface area contributed by atoms with Crippen LogP contribution in [0, 0.1) is 0 Å². The molecule has 0 N–H and O–H groups in total. The topological polar surface area (TPSA) is 18.5 Å². The zero-order valence-electron chi connectivity index (χ0n) is 14.9. The molecule has 0 aliphatic carbocycles. The van der Waals surface area contributed by atoms with Gasteiger partial charge in [-0.3, -0.25) is 0 Å². The first-order chi connectivity index (χ1) is 11.4. The molecule has 0 aliphatic rings. The van der Waals surface area contributed by atoms with Crippen molar-refractivity contribution in [1.29, 1.82) is 0 Å². The molecule has 0 saturated heterocycles. The first-order valence-electron chi connectivity index (χ1n) is 8.37. The van der Waals surface area contributed by atoms with Crippen LogP contribution in [0.2, 0.25) is 0 Å². The number of alkyl halides is 1. The fraction of sp³-hybridized carbons (Fsp3) is 0.579. The average Bonchev–Trinajstić information content (AvgIpc) is 2.51. The molecule has 2 nitrogen and oxygen atoms in total. The van der Waals surface area contributed by atoms with Gasteiger partial charge in [-0.15, -0.1) is 0 Å². The van der Waals surface area contributed by atoms with Gasteiger partial charge in [-0.05, 0) is 74.7 Å². The summed E-state index contributed by atoms with van der Waals surface area (Å²) in [7, 11) is 0. The summed E-state index contributed by atoms with van der Waals surface area (Å²) in [6.45, 7) is 10.1. The maximum Gasteiger partial charge on any atom is 0.126 e. The minimum absolute atomic E-state index is 0.385. The highest BCUT2D eigenvalue weighted by atomic mass is 79.9. The number of benzene rings is 1. The van der Waals surface area contributed by atoms with Gasteiger partial charge in [-0.2, -0.15) is 0 Å². The lowest BCUT2D eigenvalue weighted by molar-refractivity contribution is 0.299. The van der Waals surface area contributed by atoms with E-state index in [1.807, 2.05) is 6.08 Å². The average molecular weight is 527 g/mol. The van der Waals surface area contributed by atoms with Gasteiger partial charge in [0.25, 0.3) is 0 Å². The van der Waals surface area contributed by atoms with E-state index in [0.717, 1.165) is 39.7 Å². The highest BCUT2D eigenvalue weighted by molar-refractivity contribution is 9.28. The fourth-order valence-electron chi connectivity index (χ4n) is 2.33. The Morgan fingerprint density at radius 2 is 1.58 bits per heavy atom. The summed E-state index contributed by atoms with van der Waals surface area (Å²) in [5.41, 5.74) is 2.44. The molecular weight excluding hydrogens is 500 g/mol. The minimum atomic E-state index is 0.385. The van der Waals surface area contributed by atoms with E-state index in [2.05, 4.69) is 87.6 Å². The molecule has 0 radical (unpaired) electrons. The Bertz CT molecular complexity index is 506. The van der Waals surface area contributed by atoms with Crippen LogP contribution in [0.4, 0.5) is 0 Å². The highest BCUT2D eigenvalue weighted by Crippen LogP contribution is 2.38. The third-order valence-corrected chi connectivity index (χ3v) is 4.83. The summed E-state index contributed by atoms with van der Waals surface area (Å²) in [6.07, 6.45) is 4.13. The lowest BCUT2D eigenvalue weighted by atomic mass is 9.93. The van der Waals surface area contributed by atoms with Crippen molar-refractivity contribution in [2.75, 3.05) is 18.5 Å². The fourth-order valence-corrected chi connectivity index (χ4v) is 2.99. The summed E-state index contributed by atoms with van der Waals surface area (Å²) >= 11 is 10.2. The molecule has 0 amide bonds. The van der Waals surface area contributed by atoms with Crippen molar-refractivity contribution in [3.05, 3.63) is 32.7 Å². The molecule has 5 heteroatoms. The van der Waals surface area contributed by atoms with Crippen LogP contribution in [0.15, 0.2) is 21.6 Å². The smallest absolute Gasteiger partial charge is 0.126 e. The Morgan fingerprint density at radius 3 is 2.04 bits per heavy atom. The molecule has 24 heavy (non-hydrogen) atoms. The molecule has 1 aromatic carbocycles. The number of rotatable bonds is 10. The summed E-state index contributed by atoms with van der Waals surface area (Å²) in [5, 5.41) is 1.02. The third kappa shape index (κ3) is 7.49. The van der Waals surface area contributed by atoms with Crippen molar-refractivity contribution in [1.82, 2.24) is 0 Å². The molecule has 0 bridgehead atoms. The van der Waals surface area contributed by atoms with E-state index in [4.69, 9.17) is 9.47 Å². The highest BCUT2D eigenvalue weighted by Gasteiger charge is 2.18. The lowest BCUT2D eigenvalue weighted by Crippen LogP contribution is -2.07. The van der Waals surface area contributed by atoms with Gasteiger partial charge >= 0.3 is 0 Å². The zero-order chi connectivity index (χ0) is 18.1. The maximum atomic E-state index is 6.19. The van der Waals surface area contributed by atoms with Gasteiger partial charge in [0.2, 0.25) is 0 Å². The number of hydrogen-bond acceptors (Lipinski definition) is 2. The largest absolute Gasteiger partial charge is 0.493 e. The van der Waals surface area contributed by atoms with Crippen LogP contribution < -0.4 is 9.47 Å². The SMILES string of the molecule is CC(C)c1cc(OCC=C(Br)Br)cc(C(C)C)c1OCCCCBr. The second kappa shape index (κ2) is 11.6. The number of halogens is 3. The lowest BCUT2D eigenvalue weighted by Gasteiger charge is -2.21. The van der Waals surface area contributed by atoms with E-state index in [-0.39, 0.29) is 0 Å². The van der Waals surface area contributed by atoms with E-state index in [9.17, 15) is 0 Å². The number of hydrogen-bond donors (Lipinski definition) is 0. The quantitative estimate of drug-likeness (QED) is 0.232. The Labute approximate surface area is 171 Å². The van der Waals surface area contributed by atoms with Gasteiger partial charge in [0.05, 0.1) is 10.00 Å². The van der Waals surface area contributed by atoms with Gasteiger partial charge in [0.1, 0.15) is 18.1 Å². The number of unbranched alkanes of at least 4 members (excludes halogenated alkanes) is 1. The molecule has 0 fully saturated rings. The molecule has 0 heterocycles. The Hall–Kier alpha value is -0.000000000000000167. The molecule has 0 unspecified atom stereocenters. The minimum Gasteiger partial charge on any atom is -0.493 e. The van der Waals surface area contributed by atoms with Gasteiger partial charge < -0.3 is 9.47 Å². The van der Waals surface area contributed by atoms with Gasteiger partial charge in [0.15, 0.2) is 0 Å². The molecule has 1 rings (SSSR count). The van der Waals surface area contributed by atoms with Gasteiger partial charge in [-0.1, -0.05) is 43.6 Å². The normalized spacial score (nSPS) is 11.0. The molecule has 0 spiro atoms. The summed E-state index contributed by atoms with van der Waals surface area (Å²) in [5.74, 6) is 2.71. The van der Waals surface area contributed by atoms with Crippen molar-refractivity contribution >= 4 is 47.8 Å². The van der Waals surface area contributed by atoms with Gasteiger partial charge in [0, 0.05) is 16.5 Å². The molecule has 136 valence electrons.